The van der Waals surface area contributed by atoms with E-state index in [1.807, 2.05) is 13.8 Å². The Bertz CT molecular complexity index is 503. The number of H-pyrrole nitrogens is 1. The van der Waals surface area contributed by atoms with Crippen molar-refractivity contribution < 1.29 is 4.79 Å². The van der Waals surface area contributed by atoms with Crippen molar-refractivity contribution in [3.8, 4) is 0 Å². The van der Waals surface area contributed by atoms with E-state index in [2.05, 4.69) is 20.3 Å². The fraction of sp³-hybridized carbons (Fsp3) is 0.455. The molecular weight excluding hydrogens is 220 g/mol. The number of aryl methyl sites for hydroxylation is 1. The number of carbonyl (C=O) groups is 1. The molecule has 2 N–H and O–H groups in total. The highest BCUT2D eigenvalue weighted by Gasteiger charge is 2.07. The van der Waals surface area contributed by atoms with Crippen LogP contribution in [0.2, 0.25) is 0 Å². The molecule has 0 aliphatic heterocycles. The van der Waals surface area contributed by atoms with Crippen LogP contribution in [0.4, 0.5) is 11.6 Å². The predicted octanol–water partition coefficient (Wildman–Crippen LogP) is 1.40. The number of aromatic amines is 1. The van der Waals surface area contributed by atoms with Gasteiger partial charge < -0.3 is 0 Å². The van der Waals surface area contributed by atoms with Crippen LogP contribution >= 0.6 is 0 Å². The number of anilines is 1. The van der Waals surface area contributed by atoms with Crippen LogP contribution in [0.15, 0.2) is 9.79 Å². The number of hydrogen-bond donors (Lipinski definition) is 2. The van der Waals surface area contributed by atoms with E-state index >= 15 is 0 Å². The lowest BCUT2D eigenvalue weighted by atomic mass is 10.2. The van der Waals surface area contributed by atoms with Crippen LogP contribution in [0.3, 0.4) is 0 Å². The van der Waals surface area contributed by atoms with E-state index in [9.17, 15) is 9.59 Å². The second-order valence-corrected chi connectivity index (χ2v) is 4.05. The van der Waals surface area contributed by atoms with Crippen molar-refractivity contribution in [2.45, 2.75) is 27.7 Å². The highest BCUT2D eigenvalue weighted by atomic mass is 16.1. The van der Waals surface area contributed by atoms with Gasteiger partial charge >= 0.3 is 0 Å². The number of carbonyl (C=O) groups excluding carboxylic acids is 1. The maximum Gasteiger partial charge on any atom is 0.278 e. The molecule has 17 heavy (non-hydrogen) atoms. The van der Waals surface area contributed by atoms with Gasteiger partial charge in [-0.3, -0.25) is 24.9 Å². The molecule has 0 aromatic carbocycles. The Balaban J connectivity index is 3.11. The van der Waals surface area contributed by atoms with Gasteiger partial charge in [0, 0.05) is 13.1 Å². The van der Waals surface area contributed by atoms with Gasteiger partial charge in [-0.2, -0.15) is 0 Å². The zero-order chi connectivity index (χ0) is 13.0. The number of amides is 1. The predicted molar refractivity (Wildman–Crippen MR) is 66.9 cm³/mol. The first-order valence-corrected chi connectivity index (χ1v) is 5.33. The molecule has 6 nitrogen and oxygen atoms in total. The molecule has 1 aromatic rings. The van der Waals surface area contributed by atoms with Gasteiger partial charge in [0.05, 0.1) is 5.69 Å². The maximum atomic E-state index is 11.7. The summed E-state index contributed by atoms with van der Waals surface area (Å²) < 4.78 is 0. The third-order valence-corrected chi connectivity index (χ3v) is 1.87. The summed E-state index contributed by atoms with van der Waals surface area (Å²) in [6, 6.07) is 0. The minimum Gasteiger partial charge on any atom is -0.296 e. The van der Waals surface area contributed by atoms with Gasteiger partial charge in [-0.25, -0.2) is 4.98 Å². The largest absolute Gasteiger partial charge is 0.296 e. The van der Waals surface area contributed by atoms with Crippen molar-refractivity contribution in [3.05, 3.63) is 16.0 Å². The molecule has 1 rings (SSSR count). The van der Waals surface area contributed by atoms with Crippen LogP contribution in [0.5, 0.6) is 0 Å². The molecule has 0 spiro atoms. The highest BCUT2D eigenvalue weighted by Crippen LogP contribution is 2.11. The fourth-order valence-electron chi connectivity index (χ4n) is 1.18. The monoisotopic (exact) mass is 236 g/mol. The standard InChI is InChI=1S/C11H16N4O2/c1-6(2)5-12-9-7(3)13-11(14-8(4)16)15-10(9)17/h5-6H,1-4H3,(H2,13,14,15,16,17). The first-order chi connectivity index (χ1) is 7.90. The lowest BCUT2D eigenvalue weighted by Crippen LogP contribution is -2.16. The Kier molecular flexibility index (Phi) is 4.14. The molecule has 6 heteroatoms. The topological polar surface area (TPSA) is 87.2 Å². The zero-order valence-corrected chi connectivity index (χ0v) is 10.4. The smallest absolute Gasteiger partial charge is 0.278 e. The van der Waals surface area contributed by atoms with Crippen molar-refractivity contribution >= 4 is 23.8 Å². The normalized spacial score (nSPS) is 11.1. The lowest BCUT2D eigenvalue weighted by molar-refractivity contribution is -0.114. The van der Waals surface area contributed by atoms with E-state index in [0.717, 1.165) is 0 Å². The van der Waals surface area contributed by atoms with Gasteiger partial charge in [-0.05, 0) is 12.8 Å². The van der Waals surface area contributed by atoms with Crippen LogP contribution in [0.25, 0.3) is 0 Å². The van der Waals surface area contributed by atoms with Gasteiger partial charge in [0.25, 0.3) is 5.56 Å². The van der Waals surface area contributed by atoms with Crippen LogP contribution in [-0.4, -0.2) is 22.1 Å². The summed E-state index contributed by atoms with van der Waals surface area (Å²) >= 11 is 0. The minimum absolute atomic E-state index is 0.142. The van der Waals surface area contributed by atoms with Gasteiger partial charge in [0.15, 0.2) is 0 Å². The number of rotatable bonds is 3. The first-order valence-electron chi connectivity index (χ1n) is 5.33. The summed E-state index contributed by atoms with van der Waals surface area (Å²) in [7, 11) is 0. The second-order valence-electron chi connectivity index (χ2n) is 4.05. The molecule has 0 bridgehead atoms. The van der Waals surface area contributed by atoms with Crippen LogP contribution < -0.4 is 10.9 Å². The molecule has 0 saturated carbocycles. The summed E-state index contributed by atoms with van der Waals surface area (Å²) in [5.41, 5.74) is 0.389. The van der Waals surface area contributed by atoms with Gasteiger partial charge in [0.2, 0.25) is 11.9 Å². The van der Waals surface area contributed by atoms with Crippen LogP contribution in [0, 0.1) is 12.8 Å². The lowest BCUT2D eigenvalue weighted by Gasteiger charge is -2.04. The molecule has 1 aromatic heterocycles. The third-order valence-electron chi connectivity index (χ3n) is 1.87. The second kappa shape index (κ2) is 5.38. The zero-order valence-electron chi connectivity index (χ0n) is 10.4. The summed E-state index contributed by atoms with van der Waals surface area (Å²) in [4.78, 5) is 33.1. The Morgan fingerprint density at radius 2 is 2.18 bits per heavy atom. The van der Waals surface area contributed by atoms with Crippen molar-refractivity contribution in [3.63, 3.8) is 0 Å². The third kappa shape index (κ3) is 3.82. The van der Waals surface area contributed by atoms with Crippen LogP contribution in [0.1, 0.15) is 26.5 Å². The Morgan fingerprint density at radius 3 is 2.65 bits per heavy atom. The molecule has 0 aliphatic rings. The van der Waals surface area contributed by atoms with Gasteiger partial charge in [-0.1, -0.05) is 13.8 Å². The van der Waals surface area contributed by atoms with Crippen molar-refractivity contribution in [1.82, 2.24) is 9.97 Å². The van der Waals surface area contributed by atoms with E-state index in [1.165, 1.54) is 6.92 Å². The van der Waals surface area contributed by atoms with E-state index in [0.29, 0.717) is 5.69 Å². The summed E-state index contributed by atoms with van der Waals surface area (Å²) in [5, 5.41) is 2.42. The summed E-state index contributed by atoms with van der Waals surface area (Å²) in [6.45, 7) is 6.95. The number of hydrogen-bond acceptors (Lipinski definition) is 4. The Morgan fingerprint density at radius 1 is 1.53 bits per heavy atom. The van der Waals surface area contributed by atoms with Gasteiger partial charge in [0.1, 0.15) is 5.69 Å². The fourth-order valence-corrected chi connectivity index (χ4v) is 1.18. The van der Waals surface area contributed by atoms with Crippen molar-refractivity contribution in [2.24, 2.45) is 10.9 Å². The molecule has 0 saturated heterocycles. The molecule has 0 fully saturated rings. The summed E-state index contributed by atoms with van der Waals surface area (Å²) in [5.74, 6) is 0.110. The Labute approximate surface area is 99.2 Å². The average molecular weight is 236 g/mol. The number of nitrogens with zero attached hydrogens (tertiary/aromatic N) is 2. The quantitative estimate of drug-likeness (QED) is 0.777. The Hall–Kier alpha value is -1.98. The van der Waals surface area contributed by atoms with Crippen molar-refractivity contribution in [1.29, 1.82) is 0 Å². The van der Waals surface area contributed by atoms with E-state index < -0.39 is 0 Å². The average Bonchev–Trinajstić information content (AvgIpc) is 2.14. The highest BCUT2D eigenvalue weighted by molar-refractivity contribution is 5.86. The molecule has 92 valence electrons. The first kappa shape index (κ1) is 13.1. The van der Waals surface area contributed by atoms with Crippen LogP contribution in [-0.2, 0) is 4.79 Å². The van der Waals surface area contributed by atoms with E-state index in [1.54, 1.807) is 13.1 Å². The number of nitrogens with one attached hydrogen (secondary N) is 2. The molecule has 0 aliphatic carbocycles. The maximum absolute atomic E-state index is 11.7. The SMILES string of the molecule is CC(=O)Nc1nc(C)c(N=CC(C)C)c(=O)[nH]1. The minimum atomic E-state index is -0.363. The number of aromatic nitrogens is 2. The van der Waals surface area contributed by atoms with Gasteiger partial charge in [-0.15, -0.1) is 0 Å². The van der Waals surface area contributed by atoms with E-state index in [-0.39, 0.29) is 29.0 Å². The molecule has 1 amide bonds. The molecule has 0 atom stereocenters. The van der Waals surface area contributed by atoms with E-state index in [4.69, 9.17) is 0 Å². The number of aliphatic imine (C=N–C) groups is 1. The van der Waals surface area contributed by atoms with Crippen molar-refractivity contribution in [2.75, 3.05) is 5.32 Å². The molecule has 0 unspecified atom stereocenters. The molecule has 1 heterocycles. The molecular formula is C11H16N4O2. The molecule has 0 radical (unpaired) electrons. The summed E-state index contributed by atoms with van der Waals surface area (Å²) in [6.07, 6.45) is 1.68.